The number of hydrogen-bond donors (Lipinski definition) is 1. The summed E-state index contributed by atoms with van der Waals surface area (Å²) in [6.45, 7) is 0. The second-order valence-corrected chi connectivity index (χ2v) is 2.70. The number of carbonyl (C=O) groups is 3. The summed E-state index contributed by atoms with van der Waals surface area (Å²) in [5.41, 5.74) is -2.97. The Morgan fingerprint density at radius 1 is 0.562 bits per heavy atom. The van der Waals surface area contributed by atoms with Gasteiger partial charge in [0.2, 0.25) is 0 Å². The van der Waals surface area contributed by atoms with Crippen LogP contribution in [0, 0.1) is 0 Å². The maximum atomic E-state index is 11.1. The third kappa shape index (κ3) is 83.4. The fraction of sp³-hybridized carbons (Fsp3) is 0.571. The molecule has 0 rings (SSSR count). The van der Waals surface area contributed by atoms with Crippen LogP contribution in [0.2, 0.25) is 0 Å². The Labute approximate surface area is 338 Å². The molecule has 3 N–H and O–H groups in total. The molecule has 0 aromatic rings. The SMILES string of the molecule is N.O=C([O-])CCC([O-])(CC(=O)[O-])C(=O)[O-].S.S.S.S.S.S.S.S.S.[Fe].[Fe].[Fe].[Fe].[Fe].[Fe].[Fe].[V+2]. The normalized spacial score (nSPS) is 6.28. The van der Waals surface area contributed by atoms with Gasteiger partial charge in [-0.2, -0.15) is 121 Å². The molecule has 8 nitrogen and oxygen atoms in total. The van der Waals surface area contributed by atoms with Crippen molar-refractivity contribution in [1.29, 1.82) is 0 Å². The Bertz CT molecular complexity index is 317. The van der Waals surface area contributed by atoms with Crippen molar-refractivity contribution >= 4 is 139 Å². The van der Waals surface area contributed by atoms with Gasteiger partial charge in [0.05, 0.1) is 0 Å². The molecule has 32 heavy (non-hydrogen) atoms. The molecule has 0 saturated heterocycles. The number of carboxylic acids is 3. The molecule has 0 aliphatic heterocycles. The van der Waals surface area contributed by atoms with Crippen LogP contribution >= 0.6 is 121 Å². The summed E-state index contributed by atoms with van der Waals surface area (Å²) in [6, 6.07) is 0. The molecule has 0 aromatic carbocycles. The minimum absolute atomic E-state index is 0. The van der Waals surface area contributed by atoms with Crippen LogP contribution in [0.5, 0.6) is 0 Å². The number of aliphatic carboxylic acids is 3. The molecule has 0 aliphatic rings. The molecule has 1 unspecified atom stereocenters. The van der Waals surface area contributed by atoms with Crippen molar-refractivity contribution < 1.29 is 173 Å². The van der Waals surface area contributed by atoms with E-state index in [4.69, 9.17) is 0 Å². The van der Waals surface area contributed by atoms with Crippen LogP contribution in [0.1, 0.15) is 19.3 Å². The van der Waals surface area contributed by atoms with Crippen molar-refractivity contribution in [3.05, 3.63) is 0 Å². The van der Waals surface area contributed by atoms with Crippen molar-refractivity contribution in [3.8, 4) is 0 Å². The fourth-order valence-corrected chi connectivity index (χ4v) is 0.800. The van der Waals surface area contributed by atoms with Crippen LogP contribution in [-0.4, -0.2) is 23.5 Å². The smallest absolute Gasteiger partial charge is 0.845 e. The standard InChI is InChI=1S/C7H9O7.7Fe.H3N.9H2S.V/c8-4(9)1-2-7(14,6(12)13)3-5(10)11;;;;;;;;;;;;;;;;;;/h1-3H2,(H,8,9)(H,10,11)(H,12,13);;;;;;;;1H3;9*1H2;/q-1;;;;;;;;;;;;;;;;;;+2/p-3. The van der Waals surface area contributed by atoms with Gasteiger partial charge in [-0.3, -0.25) is 0 Å². The van der Waals surface area contributed by atoms with Gasteiger partial charge in [0, 0.05) is 137 Å². The van der Waals surface area contributed by atoms with E-state index < -0.39 is 42.8 Å². The zero-order valence-corrected chi connectivity index (χ0v) is 33.2. The van der Waals surface area contributed by atoms with Gasteiger partial charge in [0.25, 0.3) is 0 Å². The van der Waals surface area contributed by atoms with Crippen LogP contribution in [-0.2, 0) is 152 Å². The van der Waals surface area contributed by atoms with Crippen molar-refractivity contribution in [1.82, 2.24) is 6.15 Å². The number of carboxylic acid groups (broad SMARTS) is 3. The van der Waals surface area contributed by atoms with Crippen LogP contribution in [0.15, 0.2) is 0 Å². The monoisotopic (exact) mass is 967 g/mol. The van der Waals surface area contributed by atoms with E-state index in [9.17, 15) is 34.8 Å². The van der Waals surface area contributed by atoms with E-state index in [0.29, 0.717) is 0 Å². The molecule has 1 radical (unpaired) electrons. The fourth-order valence-electron chi connectivity index (χ4n) is 0.800. The third-order valence-corrected chi connectivity index (χ3v) is 1.53. The summed E-state index contributed by atoms with van der Waals surface area (Å²) in [5.74, 6) is -5.67. The summed E-state index contributed by atoms with van der Waals surface area (Å²) in [5, 5.41) is 41.3. The summed E-state index contributed by atoms with van der Waals surface area (Å²) in [4.78, 5) is 30.2. The van der Waals surface area contributed by atoms with Crippen LogP contribution in [0.25, 0.3) is 0 Å². The van der Waals surface area contributed by atoms with E-state index in [1.54, 1.807) is 0 Å². The van der Waals surface area contributed by atoms with E-state index in [-0.39, 0.29) is 266 Å². The number of hydrogen-bond acceptors (Lipinski definition) is 8. The van der Waals surface area contributed by atoms with E-state index in [1.807, 2.05) is 0 Å². The Kier molecular flexibility index (Phi) is 378. The third-order valence-electron chi connectivity index (χ3n) is 1.53. The van der Waals surface area contributed by atoms with Gasteiger partial charge in [0.15, 0.2) is 0 Å². The molecule has 25 heteroatoms. The molecule has 0 bridgehead atoms. The van der Waals surface area contributed by atoms with Crippen molar-refractivity contribution in [3.63, 3.8) is 0 Å². The second-order valence-electron chi connectivity index (χ2n) is 2.70. The van der Waals surface area contributed by atoms with E-state index in [1.165, 1.54) is 0 Å². The zero-order chi connectivity index (χ0) is 11.4. The van der Waals surface area contributed by atoms with Gasteiger partial charge >= 0.3 is 18.6 Å². The molecule has 1 atom stereocenters. The molecule has 0 aliphatic carbocycles. The van der Waals surface area contributed by atoms with Gasteiger partial charge in [-0.05, 0) is 12.8 Å². The second kappa shape index (κ2) is 83.3. The first-order valence-electron chi connectivity index (χ1n) is 3.59. The minimum Gasteiger partial charge on any atom is -0.845 e. The Balaban J connectivity index is -0.00000000552. The molecule has 0 fully saturated rings. The average molecular weight is 968 g/mol. The predicted molar refractivity (Wildman–Crippen MR) is 130 cm³/mol. The van der Waals surface area contributed by atoms with Gasteiger partial charge in [0.1, 0.15) is 0 Å². The Morgan fingerprint density at radius 2 is 0.781 bits per heavy atom. The molecule has 0 saturated carbocycles. The summed E-state index contributed by atoms with van der Waals surface area (Å²) < 4.78 is 0. The maximum absolute atomic E-state index is 11.1. The van der Waals surface area contributed by atoms with Gasteiger partial charge < -0.3 is 41.0 Å². The Hall–Kier alpha value is 5.70. The summed E-state index contributed by atoms with van der Waals surface area (Å²) in [6.07, 6.45) is -3.08. The summed E-state index contributed by atoms with van der Waals surface area (Å²) in [7, 11) is 0. The minimum atomic E-state index is -2.97. The van der Waals surface area contributed by atoms with Gasteiger partial charge in [-0.25, -0.2) is 0 Å². The van der Waals surface area contributed by atoms with E-state index in [0.717, 1.165) is 0 Å². The Morgan fingerprint density at radius 3 is 0.906 bits per heavy atom. The van der Waals surface area contributed by atoms with E-state index in [2.05, 4.69) is 0 Å². The molecule has 0 spiro atoms. The number of carbonyl (C=O) groups excluding carboxylic acids is 3. The molecule has 219 valence electrons. The van der Waals surface area contributed by atoms with Crippen molar-refractivity contribution in [2.24, 2.45) is 0 Å². The molecular weight excluding hydrogens is 941 g/mol. The molecule has 0 aromatic heterocycles. The molecule has 0 heterocycles. The average Bonchev–Trinajstić information content (AvgIpc) is 1.99. The first-order valence-corrected chi connectivity index (χ1v) is 3.59. The largest absolute Gasteiger partial charge is 2.00 e. The predicted octanol–water partition coefficient (Wildman–Crippen LogP) is -4.34. The quantitative estimate of drug-likeness (QED) is 0.260. The van der Waals surface area contributed by atoms with Crippen LogP contribution in [0.3, 0.4) is 0 Å². The van der Waals surface area contributed by atoms with Crippen LogP contribution in [0.4, 0.5) is 0 Å². The first-order chi connectivity index (χ1) is 6.28. The maximum Gasteiger partial charge on any atom is 2.00 e. The van der Waals surface area contributed by atoms with E-state index >= 15 is 0 Å². The zero-order valence-electron chi connectivity index (χ0n) is 15.1. The topological polar surface area (TPSA) is 178 Å². The van der Waals surface area contributed by atoms with Gasteiger partial charge in [-0.15, -0.1) is 0 Å². The van der Waals surface area contributed by atoms with Crippen LogP contribution < -0.4 is 26.6 Å². The summed E-state index contributed by atoms with van der Waals surface area (Å²) >= 11 is 0. The van der Waals surface area contributed by atoms with Crippen molar-refractivity contribution in [2.45, 2.75) is 24.9 Å². The number of rotatable bonds is 6. The first kappa shape index (κ1) is 145. The van der Waals surface area contributed by atoms with Gasteiger partial charge in [-0.1, -0.05) is 12.0 Å². The molecular formula is C7H27Fe7NO7S9V-2. The van der Waals surface area contributed by atoms with Crippen molar-refractivity contribution in [2.75, 3.05) is 0 Å². The molecule has 0 amide bonds.